The number of hydrogen-bond donors (Lipinski definition) is 4. The van der Waals surface area contributed by atoms with E-state index in [0.717, 1.165) is 22.2 Å². The zero-order valence-electron chi connectivity index (χ0n) is 18.9. The average molecular weight is 465 g/mol. The third-order valence-corrected chi connectivity index (χ3v) is 6.41. The minimum Gasteiger partial charge on any atom is -0.384 e. The SMILES string of the molecule is N=C(N)c1ccc(C(=O)N2CCc3c(n(C(=O)c4cccc(C(=N)N)c4)c4ccccc34)C2)cc1. The van der Waals surface area contributed by atoms with Crippen LogP contribution in [-0.2, 0) is 13.0 Å². The molecule has 0 aliphatic carbocycles. The number of para-hydroxylation sites is 1. The van der Waals surface area contributed by atoms with Crippen molar-refractivity contribution < 1.29 is 9.59 Å². The van der Waals surface area contributed by atoms with Crippen LogP contribution in [0.15, 0.2) is 72.8 Å². The lowest BCUT2D eigenvalue weighted by Crippen LogP contribution is -2.37. The maximum Gasteiger partial charge on any atom is 0.262 e. The van der Waals surface area contributed by atoms with Crippen LogP contribution in [0.2, 0.25) is 0 Å². The van der Waals surface area contributed by atoms with E-state index < -0.39 is 0 Å². The molecule has 1 aromatic heterocycles. The Bertz CT molecular complexity index is 1520. The molecule has 0 radical (unpaired) electrons. The molecule has 1 amide bonds. The summed E-state index contributed by atoms with van der Waals surface area (Å²) in [7, 11) is 0. The Kier molecular flexibility index (Phi) is 5.41. The number of rotatable bonds is 4. The Balaban J connectivity index is 1.55. The Morgan fingerprint density at radius 2 is 1.40 bits per heavy atom. The van der Waals surface area contributed by atoms with E-state index in [-0.39, 0.29) is 30.0 Å². The van der Waals surface area contributed by atoms with Gasteiger partial charge in [-0.1, -0.05) is 42.5 Å². The number of aromatic nitrogens is 1. The van der Waals surface area contributed by atoms with Gasteiger partial charge in [0.25, 0.3) is 11.8 Å². The van der Waals surface area contributed by atoms with Crippen molar-refractivity contribution in [3.63, 3.8) is 0 Å². The van der Waals surface area contributed by atoms with Gasteiger partial charge in [0.05, 0.1) is 12.1 Å². The highest BCUT2D eigenvalue weighted by Crippen LogP contribution is 2.32. The predicted octanol–water partition coefficient (Wildman–Crippen LogP) is 3.10. The van der Waals surface area contributed by atoms with E-state index in [1.54, 1.807) is 58.0 Å². The molecule has 6 N–H and O–H groups in total. The first-order chi connectivity index (χ1) is 16.8. The fraction of sp³-hybridized carbons (Fsp3) is 0.111. The number of benzene rings is 3. The number of hydrogen-bond acceptors (Lipinski definition) is 4. The van der Waals surface area contributed by atoms with Crippen LogP contribution in [0.4, 0.5) is 0 Å². The molecule has 0 spiro atoms. The first-order valence-corrected chi connectivity index (χ1v) is 11.2. The van der Waals surface area contributed by atoms with Crippen molar-refractivity contribution in [3.8, 4) is 0 Å². The standard InChI is InChI=1S/C27H24N6O2/c28-24(29)16-8-10-17(11-9-16)26(34)32-13-12-21-20-6-1-2-7-22(20)33(23(21)15-32)27(35)19-5-3-4-18(14-19)25(30)31/h1-11,14H,12-13,15H2,(H3,28,29)(H3,30,31). The van der Waals surface area contributed by atoms with Gasteiger partial charge in [-0.3, -0.25) is 25.0 Å². The number of carbonyl (C=O) groups is 2. The van der Waals surface area contributed by atoms with Crippen LogP contribution in [0.5, 0.6) is 0 Å². The van der Waals surface area contributed by atoms with Gasteiger partial charge in [0, 0.05) is 39.9 Å². The molecule has 0 fully saturated rings. The third kappa shape index (κ3) is 3.85. The molecule has 0 saturated heterocycles. The largest absolute Gasteiger partial charge is 0.384 e. The first-order valence-electron chi connectivity index (χ1n) is 11.2. The van der Waals surface area contributed by atoms with Crippen molar-refractivity contribution in [2.45, 2.75) is 13.0 Å². The number of amides is 1. The lowest BCUT2D eigenvalue weighted by Gasteiger charge is -2.28. The third-order valence-electron chi connectivity index (χ3n) is 6.41. The Morgan fingerprint density at radius 3 is 2.11 bits per heavy atom. The normalized spacial score (nSPS) is 12.9. The minimum absolute atomic E-state index is 0.0523. The molecule has 1 aliphatic rings. The summed E-state index contributed by atoms with van der Waals surface area (Å²) in [5.74, 6) is -0.533. The van der Waals surface area contributed by atoms with E-state index in [2.05, 4.69) is 0 Å². The molecule has 1 aliphatic heterocycles. The van der Waals surface area contributed by atoms with Gasteiger partial charge < -0.3 is 16.4 Å². The van der Waals surface area contributed by atoms with E-state index in [0.29, 0.717) is 35.2 Å². The molecular formula is C27H24N6O2. The van der Waals surface area contributed by atoms with E-state index in [9.17, 15) is 9.59 Å². The summed E-state index contributed by atoms with van der Waals surface area (Å²) in [6, 6.07) is 21.1. The number of nitrogens with two attached hydrogens (primary N) is 2. The molecule has 174 valence electrons. The molecule has 8 heteroatoms. The summed E-state index contributed by atoms with van der Waals surface area (Å²) >= 11 is 0. The lowest BCUT2D eigenvalue weighted by atomic mass is 10.0. The number of fused-ring (bicyclic) bond motifs is 3. The summed E-state index contributed by atoms with van der Waals surface area (Å²) in [6.07, 6.45) is 0.626. The Morgan fingerprint density at radius 1 is 0.743 bits per heavy atom. The summed E-state index contributed by atoms with van der Waals surface area (Å²) < 4.78 is 1.68. The van der Waals surface area contributed by atoms with Crippen LogP contribution in [0, 0.1) is 10.8 Å². The Hall–Kier alpha value is -4.72. The molecule has 2 heterocycles. The second-order valence-corrected chi connectivity index (χ2v) is 8.55. The summed E-state index contributed by atoms with van der Waals surface area (Å²) in [5.41, 5.74) is 15.8. The summed E-state index contributed by atoms with van der Waals surface area (Å²) in [6.45, 7) is 0.817. The van der Waals surface area contributed by atoms with Crippen LogP contribution < -0.4 is 11.5 Å². The smallest absolute Gasteiger partial charge is 0.262 e. The maximum absolute atomic E-state index is 13.7. The van der Waals surface area contributed by atoms with Gasteiger partial charge in [0.1, 0.15) is 11.7 Å². The second kappa shape index (κ2) is 8.57. The van der Waals surface area contributed by atoms with Crippen LogP contribution in [-0.4, -0.2) is 39.5 Å². The Labute approximate surface area is 201 Å². The van der Waals surface area contributed by atoms with Gasteiger partial charge in [0.15, 0.2) is 0 Å². The van der Waals surface area contributed by atoms with Gasteiger partial charge in [-0.15, -0.1) is 0 Å². The van der Waals surface area contributed by atoms with Gasteiger partial charge in [-0.25, -0.2) is 0 Å². The van der Waals surface area contributed by atoms with Crippen LogP contribution in [0.3, 0.4) is 0 Å². The van der Waals surface area contributed by atoms with Crippen LogP contribution >= 0.6 is 0 Å². The zero-order valence-corrected chi connectivity index (χ0v) is 18.9. The van der Waals surface area contributed by atoms with Gasteiger partial charge in [-0.2, -0.15) is 0 Å². The highest BCUT2D eigenvalue weighted by Gasteiger charge is 2.29. The monoisotopic (exact) mass is 464 g/mol. The number of nitrogens with one attached hydrogen (secondary N) is 2. The molecule has 0 saturated carbocycles. The molecule has 0 bridgehead atoms. The number of carbonyl (C=O) groups excluding carboxylic acids is 2. The minimum atomic E-state index is -0.231. The highest BCUT2D eigenvalue weighted by molar-refractivity contribution is 6.06. The zero-order chi connectivity index (χ0) is 24.7. The van der Waals surface area contributed by atoms with E-state index in [1.165, 1.54) is 0 Å². The quantitative estimate of drug-likeness (QED) is 0.272. The van der Waals surface area contributed by atoms with Crippen LogP contribution in [0.1, 0.15) is 43.1 Å². The number of nitrogens with zero attached hydrogens (tertiary/aromatic N) is 2. The highest BCUT2D eigenvalue weighted by atomic mass is 16.2. The van der Waals surface area contributed by atoms with Gasteiger partial charge in [-0.05, 0) is 42.3 Å². The average Bonchev–Trinajstić information content (AvgIpc) is 3.21. The fourth-order valence-electron chi connectivity index (χ4n) is 4.64. The lowest BCUT2D eigenvalue weighted by molar-refractivity contribution is 0.0725. The van der Waals surface area contributed by atoms with Gasteiger partial charge in [0.2, 0.25) is 0 Å². The van der Waals surface area contributed by atoms with E-state index in [4.69, 9.17) is 22.3 Å². The maximum atomic E-state index is 13.7. The van der Waals surface area contributed by atoms with E-state index >= 15 is 0 Å². The van der Waals surface area contributed by atoms with Crippen LogP contribution in [0.25, 0.3) is 10.9 Å². The predicted molar refractivity (Wildman–Crippen MR) is 135 cm³/mol. The number of amidine groups is 2. The first kappa shape index (κ1) is 22.1. The molecule has 3 aromatic carbocycles. The molecule has 35 heavy (non-hydrogen) atoms. The van der Waals surface area contributed by atoms with Gasteiger partial charge >= 0.3 is 0 Å². The topological polar surface area (TPSA) is 142 Å². The molecule has 8 nitrogen and oxygen atoms in total. The van der Waals surface area contributed by atoms with Crippen molar-refractivity contribution in [3.05, 3.63) is 106 Å². The van der Waals surface area contributed by atoms with Crippen molar-refractivity contribution in [1.29, 1.82) is 10.8 Å². The number of nitrogen functional groups attached to an aromatic ring is 2. The fourth-order valence-corrected chi connectivity index (χ4v) is 4.64. The van der Waals surface area contributed by atoms with E-state index in [1.807, 2.05) is 24.3 Å². The molecule has 5 rings (SSSR count). The van der Waals surface area contributed by atoms with Crippen molar-refractivity contribution in [2.75, 3.05) is 6.54 Å². The van der Waals surface area contributed by atoms with Crippen molar-refractivity contribution >= 4 is 34.4 Å². The summed E-state index contributed by atoms with van der Waals surface area (Å²) in [4.78, 5) is 28.8. The molecule has 4 aromatic rings. The molecular weight excluding hydrogens is 440 g/mol. The van der Waals surface area contributed by atoms with Crippen molar-refractivity contribution in [2.24, 2.45) is 11.5 Å². The molecule has 0 atom stereocenters. The van der Waals surface area contributed by atoms with Crippen molar-refractivity contribution in [1.82, 2.24) is 9.47 Å². The second-order valence-electron chi connectivity index (χ2n) is 8.55. The molecule has 0 unspecified atom stereocenters. The summed E-state index contributed by atoms with van der Waals surface area (Å²) in [5, 5.41) is 16.3.